The van der Waals surface area contributed by atoms with Crippen LogP contribution in [0.3, 0.4) is 0 Å². The summed E-state index contributed by atoms with van der Waals surface area (Å²) in [6.45, 7) is 3.52. The molecule has 146 valence electrons. The van der Waals surface area contributed by atoms with Gasteiger partial charge in [-0.1, -0.05) is 48.9 Å². The summed E-state index contributed by atoms with van der Waals surface area (Å²) in [4.78, 5) is 15.4. The molecule has 28 heavy (non-hydrogen) atoms. The maximum Gasteiger partial charge on any atom is 0.257 e. The third kappa shape index (κ3) is 3.99. The third-order valence-corrected chi connectivity index (χ3v) is 5.81. The molecule has 2 aromatic rings. The van der Waals surface area contributed by atoms with E-state index in [9.17, 15) is 9.18 Å². The van der Waals surface area contributed by atoms with Crippen LogP contribution in [-0.4, -0.2) is 40.7 Å². The van der Waals surface area contributed by atoms with Gasteiger partial charge in [-0.15, -0.1) is 0 Å². The molecule has 2 heterocycles. The standard InChI is InChI=1S/C23H26FN3O/c1-17-7-5-6-14-26(17)16-23(28)27-22(19-10-12-20(24)13-11-19)15-21(25-27)18-8-3-2-4-9-18/h2-4,8-13,17,22H,5-7,14-16H2,1H3/t17-,22-/m0/s1. The van der Waals surface area contributed by atoms with E-state index < -0.39 is 0 Å². The minimum Gasteiger partial charge on any atom is -0.292 e. The van der Waals surface area contributed by atoms with Gasteiger partial charge < -0.3 is 0 Å². The van der Waals surface area contributed by atoms with E-state index in [0.29, 0.717) is 19.0 Å². The number of carbonyl (C=O) groups excluding carboxylic acids is 1. The molecule has 0 radical (unpaired) electrons. The van der Waals surface area contributed by atoms with Crippen LogP contribution in [0.4, 0.5) is 4.39 Å². The monoisotopic (exact) mass is 379 g/mol. The number of benzene rings is 2. The molecule has 4 nitrogen and oxygen atoms in total. The minimum absolute atomic E-state index is 0.00834. The molecular formula is C23H26FN3O. The number of amides is 1. The van der Waals surface area contributed by atoms with Crippen molar-refractivity contribution < 1.29 is 9.18 Å². The van der Waals surface area contributed by atoms with Crippen LogP contribution in [0.2, 0.25) is 0 Å². The molecule has 0 aliphatic carbocycles. The van der Waals surface area contributed by atoms with Crippen molar-refractivity contribution in [2.45, 2.75) is 44.7 Å². The Morgan fingerprint density at radius 2 is 1.86 bits per heavy atom. The normalized spacial score (nSPS) is 22.9. The summed E-state index contributed by atoms with van der Waals surface area (Å²) >= 11 is 0. The predicted molar refractivity (Wildman–Crippen MR) is 108 cm³/mol. The fourth-order valence-electron chi connectivity index (χ4n) is 4.13. The molecule has 2 aliphatic heterocycles. The van der Waals surface area contributed by atoms with Crippen molar-refractivity contribution in [3.05, 3.63) is 71.5 Å². The quantitative estimate of drug-likeness (QED) is 0.790. The van der Waals surface area contributed by atoms with Crippen molar-refractivity contribution in [2.24, 2.45) is 5.10 Å². The van der Waals surface area contributed by atoms with Gasteiger partial charge >= 0.3 is 0 Å². The second-order valence-corrected chi connectivity index (χ2v) is 7.74. The molecule has 0 bridgehead atoms. The first-order valence-electron chi connectivity index (χ1n) is 10.1. The van der Waals surface area contributed by atoms with Crippen LogP contribution in [0.1, 0.15) is 49.8 Å². The molecule has 1 amide bonds. The molecule has 0 N–H and O–H groups in total. The molecule has 4 rings (SSSR count). The van der Waals surface area contributed by atoms with Gasteiger partial charge in [-0.2, -0.15) is 5.10 Å². The van der Waals surface area contributed by atoms with Crippen LogP contribution in [0.25, 0.3) is 0 Å². The van der Waals surface area contributed by atoms with E-state index in [1.165, 1.54) is 18.6 Å². The average molecular weight is 379 g/mol. The van der Waals surface area contributed by atoms with Gasteiger partial charge in [0.1, 0.15) is 5.82 Å². The number of halogens is 1. The topological polar surface area (TPSA) is 35.9 Å². The summed E-state index contributed by atoms with van der Waals surface area (Å²) in [5.41, 5.74) is 2.84. The van der Waals surface area contributed by atoms with Crippen molar-refractivity contribution in [1.29, 1.82) is 0 Å². The summed E-state index contributed by atoms with van der Waals surface area (Å²) in [7, 11) is 0. The first-order valence-corrected chi connectivity index (χ1v) is 10.1. The lowest BCUT2D eigenvalue weighted by molar-refractivity contribution is -0.135. The number of piperidine rings is 1. The van der Waals surface area contributed by atoms with E-state index in [0.717, 1.165) is 36.2 Å². The van der Waals surface area contributed by atoms with E-state index in [-0.39, 0.29) is 17.8 Å². The van der Waals surface area contributed by atoms with E-state index in [1.807, 2.05) is 30.3 Å². The molecule has 0 saturated carbocycles. The highest BCUT2D eigenvalue weighted by atomic mass is 19.1. The Balaban J connectivity index is 1.60. The van der Waals surface area contributed by atoms with Crippen LogP contribution in [0, 0.1) is 5.82 Å². The molecule has 1 fully saturated rings. The molecule has 5 heteroatoms. The molecule has 0 aromatic heterocycles. The van der Waals surface area contributed by atoms with Crippen molar-refractivity contribution in [2.75, 3.05) is 13.1 Å². The van der Waals surface area contributed by atoms with Crippen molar-refractivity contribution >= 4 is 11.6 Å². The Hall–Kier alpha value is -2.53. The lowest BCUT2D eigenvalue weighted by Gasteiger charge is -2.34. The van der Waals surface area contributed by atoms with Crippen LogP contribution < -0.4 is 0 Å². The first kappa shape index (κ1) is 18.8. The third-order valence-electron chi connectivity index (χ3n) is 5.81. The first-order chi connectivity index (χ1) is 13.6. The van der Waals surface area contributed by atoms with Crippen molar-refractivity contribution in [3.8, 4) is 0 Å². The summed E-state index contributed by atoms with van der Waals surface area (Å²) in [5.74, 6) is -0.264. The number of hydrogen-bond donors (Lipinski definition) is 0. The second kappa shape index (κ2) is 8.23. The van der Waals surface area contributed by atoms with Gasteiger partial charge in [0.15, 0.2) is 0 Å². The van der Waals surface area contributed by atoms with E-state index in [2.05, 4.69) is 11.8 Å². The van der Waals surface area contributed by atoms with Gasteiger partial charge in [0.2, 0.25) is 0 Å². The van der Waals surface area contributed by atoms with Crippen molar-refractivity contribution in [1.82, 2.24) is 9.91 Å². The van der Waals surface area contributed by atoms with E-state index >= 15 is 0 Å². The van der Waals surface area contributed by atoms with Crippen LogP contribution in [0.15, 0.2) is 59.7 Å². The lowest BCUT2D eigenvalue weighted by atomic mass is 9.98. The van der Waals surface area contributed by atoms with Crippen LogP contribution >= 0.6 is 0 Å². The predicted octanol–water partition coefficient (Wildman–Crippen LogP) is 4.38. The summed E-state index contributed by atoms with van der Waals surface area (Å²) in [6, 6.07) is 16.6. The Morgan fingerprint density at radius 1 is 1.11 bits per heavy atom. The van der Waals surface area contributed by atoms with Crippen LogP contribution in [0.5, 0.6) is 0 Å². The maximum absolute atomic E-state index is 13.4. The number of likely N-dealkylation sites (tertiary alicyclic amines) is 1. The second-order valence-electron chi connectivity index (χ2n) is 7.74. The zero-order chi connectivity index (χ0) is 19.5. The van der Waals surface area contributed by atoms with Gasteiger partial charge in [0.25, 0.3) is 5.91 Å². The number of carbonyl (C=O) groups is 1. The van der Waals surface area contributed by atoms with Gasteiger partial charge in [-0.3, -0.25) is 9.69 Å². The Kier molecular flexibility index (Phi) is 5.53. The molecule has 2 aliphatic rings. The zero-order valence-corrected chi connectivity index (χ0v) is 16.2. The van der Waals surface area contributed by atoms with Gasteiger partial charge in [0, 0.05) is 12.5 Å². The Bertz CT molecular complexity index is 850. The lowest BCUT2D eigenvalue weighted by Crippen LogP contribution is -2.44. The zero-order valence-electron chi connectivity index (χ0n) is 16.2. The minimum atomic E-state index is -0.272. The number of rotatable bonds is 4. The molecular weight excluding hydrogens is 353 g/mol. The molecule has 2 aromatic carbocycles. The largest absolute Gasteiger partial charge is 0.292 e. The Labute approximate surface area is 165 Å². The van der Waals surface area contributed by atoms with Crippen LogP contribution in [-0.2, 0) is 4.79 Å². The fourth-order valence-corrected chi connectivity index (χ4v) is 4.13. The fraction of sp³-hybridized carbons (Fsp3) is 0.391. The highest BCUT2D eigenvalue weighted by molar-refractivity contribution is 6.03. The highest BCUT2D eigenvalue weighted by Crippen LogP contribution is 2.33. The summed E-state index contributed by atoms with van der Waals surface area (Å²) < 4.78 is 13.4. The Morgan fingerprint density at radius 3 is 2.57 bits per heavy atom. The number of hydrogen-bond acceptors (Lipinski definition) is 3. The summed E-state index contributed by atoms with van der Waals surface area (Å²) in [5, 5.41) is 6.33. The molecule has 0 spiro atoms. The molecule has 0 unspecified atom stereocenters. The smallest absolute Gasteiger partial charge is 0.257 e. The van der Waals surface area contributed by atoms with Gasteiger partial charge in [-0.25, -0.2) is 9.40 Å². The molecule has 1 saturated heterocycles. The van der Waals surface area contributed by atoms with Crippen molar-refractivity contribution in [3.63, 3.8) is 0 Å². The highest BCUT2D eigenvalue weighted by Gasteiger charge is 2.34. The molecule has 2 atom stereocenters. The summed E-state index contributed by atoms with van der Waals surface area (Å²) in [6.07, 6.45) is 4.13. The van der Waals surface area contributed by atoms with Gasteiger partial charge in [-0.05, 0) is 49.6 Å². The maximum atomic E-state index is 13.4. The van der Waals surface area contributed by atoms with E-state index in [4.69, 9.17) is 5.10 Å². The SMILES string of the molecule is C[C@H]1CCCCN1CC(=O)N1N=C(c2ccccc2)C[C@H]1c1ccc(F)cc1. The van der Waals surface area contributed by atoms with Gasteiger partial charge in [0.05, 0.1) is 18.3 Å². The average Bonchev–Trinajstić information content (AvgIpc) is 3.16. The number of hydrazone groups is 1. The number of nitrogens with zero attached hydrogens (tertiary/aromatic N) is 3. The van der Waals surface area contributed by atoms with E-state index in [1.54, 1.807) is 17.1 Å².